The number of carbonyl (C=O) groups excluding carboxylic acids is 2. The van der Waals surface area contributed by atoms with Crippen LogP contribution in [0.15, 0.2) is 29.0 Å². The third kappa shape index (κ3) is 3.18. The van der Waals surface area contributed by atoms with Crippen LogP contribution in [0.25, 0.3) is 11.4 Å². The maximum Gasteiger partial charge on any atom is 0.307 e. The van der Waals surface area contributed by atoms with Crippen LogP contribution >= 0.6 is 0 Å². The van der Waals surface area contributed by atoms with Gasteiger partial charge in [0.2, 0.25) is 17.6 Å². The van der Waals surface area contributed by atoms with Crippen molar-refractivity contribution in [1.82, 2.24) is 20.4 Å². The van der Waals surface area contributed by atoms with E-state index in [4.69, 9.17) is 9.26 Å². The summed E-state index contributed by atoms with van der Waals surface area (Å²) in [6.07, 6.45) is 8.02. The number of hydrogen-bond donors (Lipinski definition) is 1. The summed E-state index contributed by atoms with van der Waals surface area (Å²) in [4.78, 5) is 32.8. The van der Waals surface area contributed by atoms with E-state index in [2.05, 4.69) is 20.4 Å². The van der Waals surface area contributed by atoms with E-state index in [9.17, 15) is 9.59 Å². The van der Waals surface area contributed by atoms with Crippen LogP contribution in [0.5, 0.6) is 0 Å². The number of pyridine rings is 1. The van der Waals surface area contributed by atoms with Crippen LogP contribution in [-0.2, 0) is 20.9 Å². The molecule has 1 saturated carbocycles. The molecule has 0 bridgehead atoms. The second-order valence-electron chi connectivity index (χ2n) is 6.83. The molecule has 8 heteroatoms. The summed E-state index contributed by atoms with van der Waals surface area (Å²) < 4.78 is 10.8. The lowest BCUT2D eigenvalue weighted by atomic mass is 9.75. The zero-order valence-corrected chi connectivity index (χ0v) is 14.3. The number of esters is 1. The Labute approximate surface area is 150 Å². The van der Waals surface area contributed by atoms with Crippen molar-refractivity contribution >= 4 is 11.9 Å². The minimum Gasteiger partial charge on any atom is -0.458 e. The van der Waals surface area contributed by atoms with Crippen molar-refractivity contribution in [2.45, 2.75) is 50.7 Å². The Morgan fingerprint density at radius 3 is 2.92 bits per heavy atom. The van der Waals surface area contributed by atoms with E-state index in [1.54, 1.807) is 18.5 Å². The Morgan fingerprint density at radius 1 is 1.31 bits per heavy atom. The van der Waals surface area contributed by atoms with Crippen molar-refractivity contribution in [3.05, 3.63) is 30.4 Å². The van der Waals surface area contributed by atoms with Gasteiger partial charge in [0.15, 0.2) is 0 Å². The Morgan fingerprint density at radius 2 is 2.15 bits per heavy atom. The summed E-state index contributed by atoms with van der Waals surface area (Å²) in [6, 6.07) is 3.61. The normalized spacial score (nSPS) is 21.5. The third-order valence-corrected chi connectivity index (χ3v) is 5.14. The predicted molar refractivity (Wildman–Crippen MR) is 89.4 cm³/mol. The SMILES string of the molecule is O=C1C[C@H](C(=O)NCc2nc(-c3cccnc3)no2)C2(CCCCC2)O1. The molecule has 3 heterocycles. The minimum absolute atomic E-state index is 0.118. The zero-order valence-electron chi connectivity index (χ0n) is 14.3. The molecule has 26 heavy (non-hydrogen) atoms. The minimum atomic E-state index is -0.630. The number of amides is 1. The van der Waals surface area contributed by atoms with Crippen LogP contribution in [0.2, 0.25) is 0 Å². The van der Waals surface area contributed by atoms with Gasteiger partial charge in [-0.1, -0.05) is 11.6 Å². The van der Waals surface area contributed by atoms with Gasteiger partial charge in [0, 0.05) is 18.0 Å². The lowest BCUT2D eigenvalue weighted by Crippen LogP contribution is -2.45. The molecule has 1 aliphatic heterocycles. The first-order valence-electron chi connectivity index (χ1n) is 8.89. The second kappa shape index (κ2) is 6.86. The largest absolute Gasteiger partial charge is 0.458 e. The van der Waals surface area contributed by atoms with Gasteiger partial charge < -0.3 is 14.6 Å². The van der Waals surface area contributed by atoms with E-state index in [1.807, 2.05) is 6.07 Å². The van der Waals surface area contributed by atoms with Crippen LogP contribution in [0.3, 0.4) is 0 Å². The maximum atomic E-state index is 12.7. The molecule has 4 rings (SSSR count). The van der Waals surface area contributed by atoms with Gasteiger partial charge in [-0.3, -0.25) is 14.6 Å². The molecule has 1 N–H and O–H groups in total. The first-order valence-corrected chi connectivity index (χ1v) is 8.89. The van der Waals surface area contributed by atoms with E-state index >= 15 is 0 Å². The molecule has 0 aromatic carbocycles. The van der Waals surface area contributed by atoms with Gasteiger partial charge in [-0.25, -0.2) is 0 Å². The highest BCUT2D eigenvalue weighted by atomic mass is 16.6. The fraction of sp³-hybridized carbons (Fsp3) is 0.500. The molecule has 2 aromatic heterocycles. The Balaban J connectivity index is 1.41. The Hall–Kier alpha value is -2.77. The molecule has 1 aliphatic carbocycles. The Bertz CT molecular complexity index is 799. The number of aromatic nitrogens is 3. The van der Waals surface area contributed by atoms with E-state index in [0.29, 0.717) is 11.7 Å². The second-order valence-corrected chi connectivity index (χ2v) is 6.83. The molecule has 8 nitrogen and oxygen atoms in total. The van der Waals surface area contributed by atoms with E-state index in [-0.39, 0.29) is 24.8 Å². The molecule has 1 atom stereocenters. The molecular weight excluding hydrogens is 336 g/mol. The van der Waals surface area contributed by atoms with Crippen LogP contribution in [0.4, 0.5) is 0 Å². The quantitative estimate of drug-likeness (QED) is 0.835. The molecule has 0 radical (unpaired) electrons. The molecule has 1 spiro atoms. The van der Waals surface area contributed by atoms with Crippen molar-refractivity contribution in [3.63, 3.8) is 0 Å². The van der Waals surface area contributed by atoms with E-state index in [0.717, 1.165) is 37.7 Å². The summed E-state index contributed by atoms with van der Waals surface area (Å²) in [5, 5.41) is 6.72. The van der Waals surface area contributed by atoms with Gasteiger partial charge in [-0.05, 0) is 37.8 Å². The number of nitrogens with zero attached hydrogens (tertiary/aromatic N) is 3. The fourth-order valence-corrected chi connectivity index (χ4v) is 3.85. The van der Waals surface area contributed by atoms with Gasteiger partial charge in [0.1, 0.15) is 5.60 Å². The van der Waals surface area contributed by atoms with Crippen LogP contribution in [0.1, 0.15) is 44.4 Å². The van der Waals surface area contributed by atoms with E-state index in [1.165, 1.54) is 0 Å². The smallest absolute Gasteiger partial charge is 0.307 e. The molecule has 2 aromatic rings. The third-order valence-electron chi connectivity index (χ3n) is 5.14. The number of carbonyl (C=O) groups is 2. The summed E-state index contributed by atoms with van der Waals surface area (Å²) in [7, 11) is 0. The van der Waals surface area contributed by atoms with Crippen molar-refractivity contribution < 1.29 is 18.8 Å². The van der Waals surface area contributed by atoms with Gasteiger partial charge >= 0.3 is 5.97 Å². The lowest BCUT2D eigenvalue weighted by molar-refractivity contribution is -0.153. The first kappa shape index (κ1) is 16.7. The summed E-state index contributed by atoms with van der Waals surface area (Å²) in [5.41, 5.74) is 0.111. The predicted octanol–water partition coefficient (Wildman–Crippen LogP) is 2.01. The molecule has 1 saturated heterocycles. The van der Waals surface area contributed by atoms with Gasteiger partial charge in [0.05, 0.1) is 18.9 Å². The molecule has 0 unspecified atom stereocenters. The molecule has 136 valence electrons. The average molecular weight is 356 g/mol. The van der Waals surface area contributed by atoms with Gasteiger partial charge in [0.25, 0.3) is 0 Å². The summed E-state index contributed by atoms with van der Waals surface area (Å²) >= 11 is 0. The highest BCUT2D eigenvalue weighted by molar-refractivity contribution is 5.87. The fourth-order valence-electron chi connectivity index (χ4n) is 3.85. The van der Waals surface area contributed by atoms with Crippen molar-refractivity contribution in [3.8, 4) is 11.4 Å². The Kier molecular flexibility index (Phi) is 4.40. The lowest BCUT2D eigenvalue weighted by Gasteiger charge is -2.35. The van der Waals surface area contributed by atoms with Crippen molar-refractivity contribution in [2.75, 3.05) is 0 Å². The van der Waals surface area contributed by atoms with Crippen LogP contribution in [0, 0.1) is 5.92 Å². The summed E-state index contributed by atoms with van der Waals surface area (Å²) in [5.74, 6) is -0.204. The van der Waals surface area contributed by atoms with Crippen LogP contribution in [-0.4, -0.2) is 32.6 Å². The maximum absolute atomic E-state index is 12.7. The molecular formula is C18H20N4O4. The van der Waals surface area contributed by atoms with Crippen LogP contribution < -0.4 is 5.32 Å². The number of rotatable bonds is 4. The van der Waals surface area contributed by atoms with Gasteiger partial charge in [-0.15, -0.1) is 0 Å². The zero-order chi connectivity index (χ0) is 18.0. The van der Waals surface area contributed by atoms with Crippen molar-refractivity contribution in [2.24, 2.45) is 5.92 Å². The molecule has 1 amide bonds. The monoisotopic (exact) mass is 356 g/mol. The highest BCUT2D eigenvalue weighted by Crippen LogP contribution is 2.44. The molecule has 2 aliphatic rings. The standard InChI is InChI=1S/C18H20N4O4/c23-15-9-13(18(25-15)6-2-1-3-7-18)17(24)20-11-14-21-16(22-26-14)12-5-4-8-19-10-12/h4-5,8,10,13H,1-3,6-7,9,11H2,(H,20,24)/t13-/m1/s1. The number of ether oxygens (including phenoxy) is 1. The first-order chi connectivity index (χ1) is 12.7. The average Bonchev–Trinajstić information content (AvgIpc) is 3.26. The number of nitrogens with one attached hydrogen (secondary N) is 1. The van der Waals surface area contributed by atoms with Gasteiger partial charge in [-0.2, -0.15) is 4.98 Å². The van der Waals surface area contributed by atoms with E-state index < -0.39 is 11.5 Å². The number of hydrogen-bond acceptors (Lipinski definition) is 7. The topological polar surface area (TPSA) is 107 Å². The molecule has 2 fully saturated rings. The highest BCUT2D eigenvalue weighted by Gasteiger charge is 2.52. The summed E-state index contributed by atoms with van der Waals surface area (Å²) in [6.45, 7) is 0.118. The van der Waals surface area contributed by atoms with Crippen molar-refractivity contribution in [1.29, 1.82) is 0 Å².